The zero-order valence-corrected chi connectivity index (χ0v) is 11.2. The van der Waals surface area contributed by atoms with E-state index >= 15 is 0 Å². The molecule has 0 radical (unpaired) electrons. The molecule has 0 amide bonds. The number of ether oxygens (including phenoxy) is 1. The van der Waals surface area contributed by atoms with Gasteiger partial charge in [-0.05, 0) is 31.4 Å². The number of hydrogen-bond donors (Lipinski definition) is 1. The summed E-state index contributed by atoms with van der Waals surface area (Å²) in [5.41, 5.74) is 1.30. The van der Waals surface area contributed by atoms with Crippen molar-refractivity contribution in [3.05, 3.63) is 34.3 Å². The summed E-state index contributed by atoms with van der Waals surface area (Å²) in [5, 5.41) is 3.53. The average Bonchev–Trinajstić information content (AvgIpc) is 2.81. The molecule has 1 saturated heterocycles. The molecule has 0 aliphatic carbocycles. The maximum atomic E-state index is 5.66. The number of rotatable bonds is 4. The zero-order chi connectivity index (χ0) is 11.4. The van der Waals surface area contributed by atoms with Crippen LogP contribution in [0.4, 0.5) is 0 Å². The monoisotopic (exact) mass is 283 g/mol. The van der Waals surface area contributed by atoms with Crippen molar-refractivity contribution in [1.82, 2.24) is 5.32 Å². The van der Waals surface area contributed by atoms with Gasteiger partial charge in [-0.15, -0.1) is 0 Å². The Balaban J connectivity index is 1.84. The summed E-state index contributed by atoms with van der Waals surface area (Å²) in [4.78, 5) is 0. The number of nitrogens with one attached hydrogen (secondary N) is 1. The van der Waals surface area contributed by atoms with Gasteiger partial charge in [0.25, 0.3) is 0 Å². The minimum absolute atomic E-state index is 0.391. The van der Waals surface area contributed by atoms with E-state index in [9.17, 15) is 0 Å². The minimum atomic E-state index is 0.391. The highest BCUT2D eigenvalue weighted by atomic mass is 79.9. The van der Waals surface area contributed by atoms with Crippen molar-refractivity contribution >= 4 is 15.9 Å². The fourth-order valence-corrected chi connectivity index (χ4v) is 2.47. The van der Waals surface area contributed by atoms with Crippen molar-refractivity contribution < 1.29 is 4.74 Å². The van der Waals surface area contributed by atoms with Crippen LogP contribution in [0.25, 0.3) is 0 Å². The fraction of sp³-hybridized carbons (Fsp3) is 0.538. The molecule has 1 fully saturated rings. The summed E-state index contributed by atoms with van der Waals surface area (Å²) in [7, 11) is 0. The second-order valence-corrected chi connectivity index (χ2v) is 5.17. The Bertz CT molecular complexity index is 336. The van der Waals surface area contributed by atoms with Crippen LogP contribution in [0.5, 0.6) is 0 Å². The second-order valence-electron chi connectivity index (χ2n) is 4.31. The molecule has 0 saturated carbocycles. The Morgan fingerprint density at radius 3 is 3.00 bits per heavy atom. The van der Waals surface area contributed by atoms with Crippen molar-refractivity contribution in [2.24, 2.45) is 0 Å². The van der Waals surface area contributed by atoms with Crippen LogP contribution in [-0.4, -0.2) is 18.8 Å². The summed E-state index contributed by atoms with van der Waals surface area (Å²) in [6.45, 7) is 4.01. The van der Waals surface area contributed by atoms with Gasteiger partial charge in [0.2, 0.25) is 0 Å². The lowest BCUT2D eigenvalue weighted by Gasteiger charge is -2.20. The highest BCUT2D eigenvalue weighted by molar-refractivity contribution is 9.10. The molecule has 1 aliphatic heterocycles. The summed E-state index contributed by atoms with van der Waals surface area (Å²) in [5.74, 6) is 0. The van der Waals surface area contributed by atoms with Crippen molar-refractivity contribution in [3.8, 4) is 0 Å². The molecule has 1 heterocycles. The van der Waals surface area contributed by atoms with E-state index in [2.05, 4.69) is 46.4 Å². The van der Waals surface area contributed by atoms with Crippen LogP contribution in [-0.2, 0) is 11.3 Å². The molecule has 0 spiro atoms. The SMILES string of the molecule is CC(NCc1ccccc1Br)C1CCCO1. The maximum absolute atomic E-state index is 5.66. The van der Waals surface area contributed by atoms with Gasteiger partial charge >= 0.3 is 0 Å². The van der Waals surface area contributed by atoms with Gasteiger partial charge in [0, 0.05) is 23.7 Å². The fourth-order valence-electron chi connectivity index (χ4n) is 2.04. The largest absolute Gasteiger partial charge is 0.377 e. The van der Waals surface area contributed by atoms with E-state index in [1.165, 1.54) is 22.9 Å². The molecule has 1 aromatic rings. The van der Waals surface area contributed by atoms with Crippen LogP contribution < -0.4 is 5.32 Å². The third-order valence-corrected chi connectivity index (χ3v) is 3.87. The second kappa shape index (κ2) is 5.80. The van der Waals surface area contributed by atoms with Crippen LogP contribution in [0, 0.1) is 0 Å². The van der Waals surface area contributed by atoms with Gasteiger partial charge in [0.05, 0.1) is 6.10 Å². The molecule has 1 aromatic carbocycles. The molecule has 2 rings (SSSR count). The van der Waals surface area contributed by atoms with E-state index in [0.29, 0.717) is 12.1 Å². The van der Waals surface area contributed by atoms with Crippen molar-refractivity contribution in [1.29, 1.82) is 0 Å². The highest BCUT2D eigenvalue weighted by Crippen LogP contribution is 2.18. The summed E-state index contributed by atoms with van der Waals surface area (Å²) >= 11 is 3.56. The van der Waals surface area contributed by atoms with E-state index in [1.54, 1.807) is 0 Å². The van der Waals surface area contributed by atoms with Crippen LogP contribution in [0.15, 0.2) is 28.7 Å². The minimum Gasteiger partial charge on any atom is -0.377 e. The quantitative estimate of drug-likeness (QED) is 0.917. The Hall–Kier alpha value is -0.380. The first-order chi connectivity index (χ1) is 7.77. The molecule has 0 bridgehead atoms. The Morgan fingerprint density at radius 1 is 1.50 bits per heavy atom. The van der Waals surface area contributed by atoms with Crippen molar-refractivity contribution in [2.45, 2.75) is 38.5 Å². The predicted octanol–water partition coefficient (Wildman–Crippen LogP) is 3.11. The third kappa shape index (κ3) is 3.06. The van der Waals surface area contributed by atoms with Crippen LogP contribution in [0.3, 0.4) is 0 Å². The third-order valence-electron chi connectivity index (χ3n) is 3.09. The first kappa shape index (κ1) is 12.1. The molecule has 3 heteroatoms. The first-order valence-corrected chi connectivity index (χ1v) is 6.65. The lowest BCUT2D eigenvalue weighted by Crippen LogP contribution is -2.36. The molecule has 2 unspecified atom stereocenters. The number of benzene rings is 1. The first-order valence-electron chi connectivity index (χ1n) is 5.86. The van der Waals surface area contributed by atoms with Crippen LogP contribution >= 0.6 is 15.9 Å². The molecule has 2 nitrogen and oxygen atoms in total. The van der Waals surface area contributed by atoms with Crippen LogP contribution in [0.2, 0.25) is 0 Å². The lowest BCUT2D eigenvalue weighted by atomic mass is 10.1. The van der Waals surface area contributed by atoms with Gasteiger partial charge in [0.1, 0.15) is 0 Å². The molecule has 16 heavy (non-hydrogen) atoms. The van der Waals surface area contributed by atoms with Crippen LogP contribution in [0.1, 0.15) is 25.3 Å². The zero-order valence-electron chi connectivity index (χ0n) is 9.58. The molecular formula is C13H18BrNO. The van der Waals surface area contributed by atoms with Crippen molar-refractivity contribution in [2.75, 3.05) is 6.61 Å². The van der Waals surface area contributed by atoms with E-state index in [1.807, 2.05) is 6.07 Å². The summed E-state index contributed by atoms with van der Waals surface area (Å²) < 4.78 is 6.83. The molecule has 2 atom stereocenters. The molecule has 88 valence electrons. The molecular weight excluding hydrogens is 266 g/mol. The number of hydrogen-bond acceptors (Lipinski definition) is 2. The normalized spacial score (nSPS) is 22.2. The lowest BCUT2D eigenvalue weighted by molar-refractivity contribution is 0.0832. The van der Waals surface area contributed by atoms with Gasteiger partial charge in [-0.25, -0.2) is 0 Å². The van der Waals surface area contributed by atoms with Gasteiger partial charge in [-0.2, -0.15) is 0 Å². The highest BCUT2D eigenvalue weighted by Gasteiger charge is 2.21. The van der Waals surface area contributed by atoms with E-state index in [0.717, 1.165) is 13.2 Å². The average molecular weight is 284 g/mol. The molecule has 1 N–H and O–H groups in total. The molecule has 0 aromatic heterocycles. The smallest absolute Gasteiger partial charge is 0.0726 e. The van der Waals surface area contributed by atoms with Gasteiger partial charge in [-0.3, -0.25) is 0 Å². The standard InChI is InChI=1S/C13H18BrNO/c1-10(13-7-4-8-16-13)15-9-11-5-2-3-6-12(11)14/h2-3,5-6,10,13,15H,4,7-9H2,1H3. The van der Waals surface area contributed by atoms with Gasteiger partial charge in [-0.1, -0.05) is 34.1 Å². The Morgan fingerprint density at radius 2 is 2.31 bits per heavy atom. The Kier molecular flexibility index (Phi) is 4.38. The topological polar surface area (TPSA) is 21.3 Å². The predicted molar refractivity (Wildman–Crippen MR) is 69.4 cm³/mol. The summed E-state index contributed by atoms with van der Waals surface area (Å²) in [6.07, 6.45) is 2.78. The van der Waals surface area contributed by atoms with Gasteiger partial charge in [0.15, 0.2) is 0 Å². The maximum Gasteiger partial charge on any atom is 0.0726 e. The van der Waals surface area contributed by atoms with E-state index in [4.69, 9.17) is 4.74 Å². The Labute approximate surface area is 106 Å². The molecule has 1 aliphatic rings. The van der Waals surface area contributed by atoms with E-state index < -0.39 is 0 Å². The van der Waals surface area contributed by atoms with Gasteiger partial charge < -0.3 is 10.1 Å². The van der Waals surface area contributed by atoms with Crippen molar-refractivity contribution in [3.63, 3.8) is 0 Å². The van der Waals surface area contributed by atoms with E-state index in [-0.39, 0.29) is 0 Å². The summed E-state index contributed by atoms with van der Waals surface area (Å²) in [6, 6.07) is 8.75. The number of halogens is 1.